The van der Waals surface area contributed by atoms with E-state index in [-0.39, 0.29) is 4.83 Å². The van der Waals surface area contributed by atoms with Crippen LogP contribution >= 0.6 is 15.9 Å². The normalized spacial score (nSPS) is 13.8. The molecule has 1 aromatic rings. The zero-order valence-corrected chi connectivity index (χ0v) is 12.5. The monoisotopic (exact) mass is 339 g/mol. The van der Waals surface area contributed by atoms with E-state index in [9.17, 15) is 13.2 Å². The van der Waals surface area contributed by atoms with E-state index >= 15 is 0 Å². The lowest BCUT2D eigenvalue weighted by atomic mass is 10.1. The molecular formula is C13H17BrF3NO. The van der Waals surface area contributed by atoms with Crippen LogP contribution in [0.2, 0.25) is 0 Å². The van der Waals surface area contributed by atoms with Crippen molar-refractivity contribution in [3.8, 4) is 0 Å². The third kappa shape index (κ3) is 5.93. The molecule has 0 aromatic heterocycles. The number of ether oxygens (including phenoxy) is 1. The van der Waals surface area contributed by atoms with Crippen LogP contribution in [0, 0.1) is 0 Å². The molecule has 1 atom stereocenters. The number of nitrogens with zero attached hydrogens (tertiary/aromatic N) is 1. The summed E-state index contributed by atoms with van der Waals surface area (Å²) in [6, 6.07) is 5.26. The number of hydrogen-bond donors (Lipinski definition) is 0. The summed E-state index contributed by atoms with van der Waals surface area (Å²) in [6.45, 7) is 1.95. The molecule has 0 saturated heterocycles. The highest BCUT2D eigenvalue weighted by atomic mass is 79.9. The van der Waals surface area contributed by atoms with Gasteiger partial charge < -0.3 is 9.64 Å². The summed E-state index contributed by atoms with van der Waals surface area (Å²) in [5, 5.41) is 0. The van der Waals surface area contributed by atoms with Crippen LogP contribution in [0.5, 0.6) is 0 Å². The lowest BCUT2D eigenvalue weighted by Crippen LogP contribution is -2.28. The maximum Gasteiger partial charge on any atom is 0.416 e. The summed E-state index contributed by atoms with van der Waals surface area (Å²) < 4.78 is 42.2. The first kappa shape index (κ1) is 16.5. The molecule has 6 heteroatoms. The van der Waals surface area contributed by atoms with Crippen molar-refractivity contribution < 1.29 is 17.9 Å². The Morgan fingerprint density at radius 3 is 2.32 bits per heavy atom. The van der Waals surface area contributed by atoms with Crippen LogP contribution in [0.3, 0.4) is 0 Å². The second-order valence-corrected chi connectivity index (χ2v) is 5.74. The Morgan fingerprint density at radius 2 is 1.84 bits per heavy atom. The van der Waals surface area contributed by atoms with Crippen molar-refractivity contribution in [1.82, 2.24) is 4.90 Å². The number of rotatable bonds is 6. The topological polar surface area (TPSA) is 12.5 Å². The van der Waals surface area contributed by atoms with E-state index in [2.05, 4.69) is 15.9 Å². The molecule has 0 saturated carbocycles. The molecule has 1 aromatic carbocycles. The third-order valence-corrected chi connectivity index (χ3v) is 3.14. The number of halogens is 4. The lowest BCUT2D eigenvalue weighted by molar-refractivity contribution is -0.137. The Labute approximate surface area is 119 Å². The smallest absolute Gasteiger partial charge is 0.383 e. The van der Waals surface area contributed by atoms with Gasteiger partial charge >= 0.3 is 6.18 Å². The fraction of sp³-hybridized carbons (Fsp3) is 0.538. The second-order valence-electron chi connectivity index (χ2n) is 4.44. The first-order valence-electron chi connectivity index (χ1n) is 5.80. The summed E-state index contributed by atoms with van der Waals surface area (Å²) in [6.07, 6.45) is -4.27. The van der Waals surface area contributed by atoms with Gasteiger partial charge in [-0.05, 0) is 24.7 Å². The van der Waals surface area contributed by atoms with E-state index < -0.39 is 11.7 Å². The van der Waals surface area contributed by atoms with E-state index in [1.54, 1.807) is 7.11 Å². The summed E-state index contributed by atoms with van der Waals surface area (Å²) in [5.74, 6) is 0. The van der Waals surface area contributed by atoms with Crippen LogP contribution in [0.25, 0.3) is 0 Å². The molecule has 0 fully saturated rings. The molecule has 2 nitrogen and oxygen atoms in total. The van der Waals surface area contributed by atoms with Crippen LogP contribution < -0.4 is 0 Å². The lowest BCUT2D eigenvalue weighted by Gasteiger charge is -2.20. The second kappa shape index (κ2) is 7.26. The van der Waals surface area contributed by atoms with Crippen LogP contribution in [0.4, 0.5) is 13.2 Å². The zero-order valence-electron chi connectivity index (χ0n) is 10.9. The molecule has 19 heavy (non-hydrogen) atoms. The average molecular weight is 340 g/mol. The fourth-order valence-electron chi connectivity index (χ4n) is 1.75. The molecule has 108 valence electrons. The van der Waals surface area contributed by atoms with E-state index in [0.29, 0.717) is 13.2 Å². The van der Waals surface area contributed by atoms with Crippen molar-refractivity contribution in [3.63, 3.8) is 0 Å². The minimum Gasteiger partial charge on any atom is -0.383 e. The van der Waals surface area contributed by atoms with Crippen molar-refractivity contribution in [1.29, 1.82) is 0 Å². The predicted molar refractivity (Wildman–Crippen MR) is 72.4 cm³/mol. The largest absolute Gasteiger partial charge is 0.416 e. The van der Waals surface area contributed by atoms with Gasteiger partial charge in [-0.3, -0.25) is 0 Å². The van der Waals surface area contributed by atoms with Gasteiger partial charge in [-0.1, -0.05) is 28.1 Å². The fourth-order valence-corrected chi connectivity index (χ4v) is 2.51. The van der Waals surface area contributed by atoms with Crippen LogP contribution in [-0.4, -0.2) is 37.0 Å². The maximum absolute atomic E-state index is 12.4. The number of hydrogen-bond acceptors (Lipinski definition) is 2. The third-order valence-electron chi connectivity index (χ3n) is 2.59. The van der Waals surface area contributed by atoms with Gasteiger partial charge in [-0.2, -0.15) is 13.2 Å². The van der Waals surface area contributed by atoms with Gasteiger partial charge in [0.05, 0.1) is 17.0 Å². The SMILES string of the molecule is COCC(Br)CN(C)Cc1ccc(C(F)(F)F)cc1. The molecule has 0 radical (unpaired) electrons. The summed E-state index contributed by atoms with van der Waals surface area (Å²) >= 11 is 3.47. The van der Waals surface area contributed by atoms with Gasteiger partial charge in [0.2, 0.25) is 0 Å². The van der Waals surface area contributed by atoms with Crippen molar-refractivity contribution in [2.45, 2.75) is 17.5 Å². The van der Waals surface area contributed by atoms with Crippen molar-refractivity contribution in [2.24, 2.45) is 0 Å². The Kier molecular flexibility index (Phi) is 6.29. The van der Waals surface area contributed by atoms with Crippen molar-refractivity contribution >= 4 is 15.9 Å². The standard InChI is InChI=1S/C13H17BrF3NO/c1-18(8-12(14)9-19-2)7-10-3-5-11(6-4-10)13(15,16)17/h3-6,12H,7-9H2,1-2H3. The van der Waals surface area contributed by atoms with Gasteiger partial charge in [0.1, 0.15) is 0 Å². The molecule has 1 unspecified atom stereocenters. The Morgan fingerprint density at radius 1 is 1.26 bits per heavy atom. The molecule has 1 rings (SSSR count). The minimum absolute atomic E-state index is 0.206. The molecule has 0 bridgehead atoms. The van der Waals surface area contributed by atoms with E-state index in [1.807, 2.05) is 11.9 Å². The van der Waals surface area contributed by atoms with E-state index in [4.69, 9.17) is 4.74 Å². The molecule has 0 amide bonds. The quantitative estimate of drug-likeness (QED) is 0.735. The molecule has 0 aliphatic carbocycles. The summed E-state index contributed by atoms with van der Waals surface area (Å²) in [5.41, 5.74) is 0.240. The molecule has 0 spiro atoms. The maximum atomic E-state index is 12.4. The number of methoxy groups -OCH3 is 1. The molecular weight excluding hydrogens is 323 g/mol. The highest BCUT2D eigenvalue weighted by Gasteiger charge is 2.29. The van der Waals surface area contributed by atoms with E-state index in [0.717, 1.165) is 24.2 Å². The summed E-state index contributed by atoms with van der Waals surface area (Å²) in [4.78, 5) is 2.23. The van der Waals surface area contributed by atoms with Crippen LogP contribution in [0.15, 0.2) is 24.3 Å². The average Bonchev–Trinajstić information content (AvgIpc) is 2.28. The summed E-state index contributed by atoms with van der Waals surface area (Å²) in [7, 11) is 3.55. The van der Waals surface area contributed by atoms with Crippen molar-refractivity contribution in [3.05, 3.63) is 35.4 Å². The highest BCUT2D eigenvalue weighted by molar-refractivity contribution is 9.09. The van der Waals surface area contributed by atoms with Crippen LogP contribution in [-0.2, 0) is 17.5 Å². The number of alkyl halides is 4. The Balaban J connectivity index is 2.53. The van der Waals surface area contributed by atoms with Crippen molar-refractivity contribution in [2.75, 3.05) is 27.3 Å². The van der Waals surface area contributed by atoms with Gasteiger partial charge in [-0.25, -0.2) is 0 Å². The molecule has 0 heterocycles. The Hall–Kier alpha value is -0.590. The van der Waals surface area contributed by atoms with E-state index in [1.165, 1.54) is 12.1 Å². The molecule has 0 N–H and O–H groups in total. The number of benzene rings is 1. The van der Waals surface area contributed by atoms with Gasteiger partial charge in [0.25, 0.3) is 0 Å². The Bertz CT molecular complexity index is 380. The predicted octanol–water partition coefficient (Wildman–Crippen LogP) is 3.55. The van der Waals surface area contributed by atoms with Gasteiger partial charge in [-0.15, -0.1) is 0 Å². The molecule has 0 aliphatic heterocycles. The van der Waals surface area contributed by atoms with Gasteiger partial charge in [0, 0.05) is 20.2 Å². The zero-order chi connectivity index (χ0) is 14.5. The first-order valence-corrected chi connectivity index (χ1v) is 6.72. The first-order chi connectivity index (χ1) is 8.82. The minimum atomic E-state index is -4.27. The highest BCUT2D eigenvalue weighted by Crippen LogP contribution is 2.29. The van der Waals surface area contributed by atoms with Gasteiger partial charge in [0.15, 0.2) is 0 Å². The molecule has 0 aliphatic rings. The van der Waals surface area contributed by atoms with Crippen LogP contribution in [0.1, 0.15) is 11.1 Å².